The van der Waals surface area contributed by atoms with Crippen molar-refractivity contribution in [1.82, 2.24) is 9.88 Å². The number of nitrogens with zero attached hydrogens (tertiary/aromatic N) is 1. The van der Waals surface area contributed by atoms with Gasteiger partial charge in [-0.1, -0.05) is 12.2 Å². The molecule has 2 atom stereocenters. The van der Waals surface area contributed by atoms with Crippen molar-refractivity contribution < 1.29 is 14.3 Å². The first-order valence-electron chi connectivity index (χ1n) is 6.96. The van der Waals surface area contributed by atoms with Crippen LogP contribution in [0.15, 0.2) is 18.3 Å². The van der Waals surface area contributed by atoms with E-state index in [1.807, 2.05) is 4.90 Å². The summed E-state index contributed by atoms with van der Waals surface area (Å²) >= 11 is 5.18. The molecule has 0 aromatic carbocycles. The molecule has 1 aromatic rings. The smallest absolute Gasteiger partial charge is 0.257 e. The van der Waals surface area contributed by atoms with Crippen LogP contribution < -0.4 is 0 Å². The van der Waals surface area contributed by atoms with Crippen molar-refractivity contribution in [3.05, 3.63) is 28.5 Å². The number of rotatable bonds is 2. The fourth-order valence-corrected chi connectivity index (χ4v) is 2.96. The summed E-state index contributed by atoms with van der Waals surface area (Å²) in [5.74, 6) is -0.0295. The van der Waals surface area contributed by atoms with Crippen molar-refractivity contribution >= 4 is 18.1 Å². The largest absolute Gasteiger partial charge is 0.375 e. The predicted octanol–water partition coefficient (Wildman–Crippen LogP) is 1.76. The summed E-state index contributed by atoms with van der Waals surface area (Å²) in [6.45, 7) is 2.53. The molecule has 3 heterocycles. The number of nitrogens with one attached hydrogen (secondary N) is 1. The third kappa shape index (κ3) is 2.77. The maximum atomic E-state index is 12.5. The van der Waals surface area contributed by atoms with Crippen LogP contribution >= 0.6 is 12.2 Å². The summed E-state index contributed by atoms with van der Waals surface area (Å²) in [6.07, 6.45) is 3.92. The highest BCUT2D eigenvalue weighted by atomic mass is 32.1. The molecule has 6 heteroatoms. The third-order valence-electron chi connectivity index (χ3n) is 3.81. The standard InChI is InChI=1S/C14H18N2O3S/c17-14(10-3-1-5-15-13(10)20)16-6-8-19-12(9-16)11-4-2-7-18-11/h1,3,5,11-12H,2,4,6-9H2,(H,15,20). The Morgan fingerprint density at radius 3 is 2.95 bits per heavy atom. The molecule has 20 heavy (non-hydrogen) atoms. The van der Waals surface area contributed by atoms with Crippen LogP contribution in [-0.2, 0) is 9.47 Å². The first-order chi connectivity index (χ1) is 9.75. The van der Waals surface area contributed by atoms with Gasteiger partial charge in [0, 0.05) is 25.9 Å². The predicted molar refractivity (Wildman–Crippen MR) is 76.2 cm³/mol. The van der Waals surface area contributed by atoms with Crippen LogP contribution in [0.2, 0.25) is 0 Å². The molecule has 2 saturated heterocycles. The minimum Gasteiger partial charge on any atom is -0.375 e. The van der Waals surface area contributed by atoms with Gasteiger partial charge in [-0.05, 0) is 25.0 Å². The first kappa shape index (κ1) is 13.7. The van der Waals surface area contributed by atoms with E-state index >= 15 is 0 Å². The van der Waals surface area contributed by atoms with Gasteiger partial charge in [-0.15, -0.1) is 0 Å². The Balaban J connectivity index is 1.72. The Labute approximate surface area is 122 Å². The van der Waals surface area contributed by atoms with Gasteiger partial charge in [0.2, 0.25) is 0 Å². The number of amides is 1. The van der Waals surface area contributed by atoms with Gasteiger partial charge < -0.3 is 19.4 Å². The summed E-state index contributed by atoms with van der Waals surface area (Å²) in [4.78, 5) is 17.2. The van der Waals surface area contributed by atoms with Gasteiger partial charge in [0.15, 0.2) is 0 Å². The maximum absolute atomic E-state index is 12.5. The van der Waals surface area contributed by atoms with Crippen LogP contribution in [0.1, 0.15) is 23.2 Å². The molecule has 1 amide bonds. The molecule has 1 aromatic heterocycles. The molecule has 3 rings (SSSR count). The Bertz CT molecular complexity index is 539. The van der Waals surface area contributed by atoms with Gasteiger partial charge in [-0.2, -0.15) is 0 Å². The number of hydrogen-bond donors (Lipinski definition) is 1. The monoisotopic (exact) mass is 294 g/mol. The lowest BCUT2D eigenvalue weighted by Crippen LogP contribution is -2.49. The number of morpholine rings is 1. The molecule has 2 aliphatic heterocycles. The zero-order valence-corrected chi connectivity index (χ0v) is 12.0. The average molecular weight is 294 g/mol. The molecule has 2 aliphatic rings. The van der Waals surface area contributed by atoms with Crippen LogP contribution in [0.4, 0.5) is 0 Å². The summed E-state index contributed by atoms with van der Waals surface area (Å²) in [6, 6.07) is 3.55. The lowest BCUT2D eigenvalue weighted by atomic mass is 10.1. The highest BCUT2D eigenvalue weighted by Gasteiger charge is 2.33. The normalized spacial score (nSPS) is 26.7. The Morgan fingerprint density at radius 1 is 1.35 bits per heavy atom. The van der Waals surface area contributed by atoms with Crippen molar-refractivity contribution in [2.75, 3.05) is 26.3 Å². The van der Waals surface area contributed by atoms with Crippen LogP contribution in [0.3, 0.4) is 0 Å². The molecule has 2 unspecified atom stereocenters. The lowest BCUT2D eigenvalue weighted by molar-refractivity contribution is -0.0868. The minimum absolute atomic E-state index is 0.0172. The number of H-pyrrole nitrogens is 1. The fourth-order valence-electron chi connectivity index (χ4n) is 2.74. The molecule has 5 nitrogen and oxygen atoms in total. The zero-order valence-electron chi connectivity index (χ0n) is 11.2. The van der Waals surface area contributed by atoms with Gasteiger partial charge in [0.25, 0.3) is 5.91 Å². The Kier molecular flexibility index (Phi) is 4.14. The molecule has 2 fully saturated rings. The van der Waals surface area contributed by atoms with E-state index in [0.29, 0.717) is 29.9 Å². The second-order valence-electron chi connectivity index (χ2n) is 5.12. The van der Waals surface area contributed by atoms with Gasteiger partial charge in [0.05, 0.1) is 18.3 Å². The van der Waals surface area contributed by atoms with Crippen molar-refractivity contribution in [3.63, 3.8) is 0 Å². The zero-order chi connectivity index (χ0) is 13.9. The fraction of sp³-hybridized carbons (Fsp3) is 0.571. The van der Waals surface area contributed by atoms with E-state index in [4.69, 9.17) is 21.7 Å². The number of carbonyl (C=O) groups is 1. The average Bonchev–Trinajstić information content (AvgIpc) is 3.01. The van der Waals surface area contributed by atoms with Crippen molar-refractivity contribution in [2.24, 2.45) is 0 Å². The third-order valence-corrected chi connectivity index (χ3v) is 4.15. The quantitative estimate of drug-likeness (QED) is 0.845. The Morgan fingerprint density at radius 2 is 2.20 bits per heavy atom. The van der Waals surface area contributed by atoms with E-state index in [-0.39, 0.29) is 18.1 Å². The van der Waals surface area contributed by atoms with Gasteiger partial charge in [-0.3, -0.25) is 4.79 Å². The molecule has 0 aliphatic carbocycles. The van der Waals surface area contributed by atoms with Crippen LogP contribution in [0, 0.1) is 4.64 Å². The van der Waals surface area contributed by atoms with E-state index in [9.17, 15) is 4.79 Å². The van der Waals surface area contributed by atoms with Gasteiger partial charge in [0.1, 0.15) is 10.7 Å². The van der Waals surface area contributed by atoms with E-state index in [2.05, 4.69) is 4.98 Å². The number of aromatic nitrogens is 1. The molecule has 0 spiro atoms. The molecule has 0 radical (unpaired) electrons. The number of ether oxygens (including phenoxy) is 2. The number of pyridine rings is 1. The topological polar surface area (TPSA) is 54.6 Å². The SMILES string of the molecule is O=C(c1ccc[nH]c1=S)N1CCOC(C2CCCO2)C1. The minimum atomic E-state index is -0.0295. The summed E-state index contributed by atoms with van der Waals surface area (Å²) in [5, 5.41) is 0. The lowest BCUT2D eigenvalue weighted by Gasteiger charge is -2.35. The van der Waals surface area contributed by atoms with Crippen molar-refractivity contribution in [3.8, 4) is 0 Å². The molecule has 1 N–H and O–H groups in total. The van der Waals surface area contributed by atoms with E-state index < -0.39 is 0 Å². The number of aromatic amines is 1. The summed E-state index contributed by atoms with van der Waals surface area (Å²) < 4.78 is 11.9. The highest BCUT2D eigenvalue weighted by molar-refractivity contribution is 7.71. The first-order valence-corrected chi connectivity index (χ1v) is 7.37. The second-order valence-corrected chi connectivity index (χ2v) is 5.53. The Hall–Kier alpha value is -1.24. The van der Waals surface area contributed by atoms with Gasteiger partial charge >= 0.3 is 0 Å². The maximum Gasteiger partial charge on any atom is 0.257 e. The van der Waals surface area contributed by atoms with Crippen LogP contribution in [0.25, 0.3) is 0 Å². The number of hydrogen-bond acceptors (Lipinski definition) is 4. The van der Waals surface area contributed by atoms with Crippen molar-refractivity contribution in [2.45, 2.75) is 25.0 Å². The van der Waals surface area contributed by atoms with Crippen LogP contribution in [-0.4, -0.2) is 54.3 Å². The molecule has 0 saturated carbocycles. The molecule has 108 valence electrons. The second kappa shape index (κ2) is 6.03. The highest BCUT2D eigenvalue weighted by Crippen LogP contribution is 2.21. The van der Waals surface area contributed by atoms with Crippen molar-refractivity contribution in [1.29, 1.82) is 0 Å². The van der Waals surface area contributed by atoms with E-state index in [1.54, 1.807) is 18.3 Å². The summed E-state index contributed by atoms with van der Waals surface area (Å²) in [5.41, 5.74) is 0.551. The van der Waals surface area contributed by atoms with Gasteiger partial charge in [-0.25, -0.2) is 0 Å². The van der Waals surface area contributed by atoms with E-state index in [0.717, 1.165) is 19.4 Å². The number of carbonyl (C=O) groups excluding carboxylic acids is 1. The van der Waals surface area contributed by atoms with E-state index in [1.165, 1.54) is 0 Å². The molecule has 0 bridgehead atoms. The molecular formula is C14H18N2O3S. The summed E-state index contributed by atoms with van der Waals surface area (Å²) in [7, 11) is 0. The van der Waals surface area contributed by atoms with Crippen LogP contribution in [0.5, 0.6) is 0 Å². The molecular weight excluding hydrogens is 276 g/mol.